The van der Waals surface area contributed by atoms with Gasteiger partial charge in [0.25, 0.3) is 5.91 Å². The highest BCUT2D eigenvalue weighted by Gasteiger charge is 2.31. The summed E-state index contributed by atoms with van der Waals surface area (Å²) in [5.41, 5.74) is 1.18. The molecule has 0 aliphatic carbocycles. The van der Waals surface area contributed by atoms with Gasteiger partial charge >= 0.3 is 0 Å². The third-order valence-electron chi connectivity index (χ3n) is 4.28. The molecule has 0 saturated carbocycles. The third-order valence-corrected chi connectivity index (χ3v) is 4.28. The van der Waals surface area contributed by atoms with Gasteiger partial charge in [-0.2, -0.15) is 5.26 Å². The summed E-state index contributed by atoms with van der Waals surface area (Å²) in [4.78, 5) is 24.4. The fraction of sp³-hybridized carbons (Fsp3) is 0.353. The molecule has 2 heterocycles. The second-order valence-electron chi connectivity index (χ2n) is 5.56. The molecule has 1 amide bonds. The van der Waals surface area contributed by atoms with Gasteiger partial charge in [-0.3, -0.25) is 9.69 Å². The molecule has 1 aliphatic rings. The molecule has 0 radical (unpaired) electrons. The normalized spacial score (nSPS) is 18.6. The molecule has 1 aromatic heterocycles. The predicted molar refractivity (Wildman–Crippen MR) is 85.6 cm³/mol. The average Bonchev–Trinajstić information content (AvgIpc) is 3.15. The highest BCUT2D eigenvalue weighted by Crippen LogP contribution is 2.23. The number of nitrogens with one attached hydrogen (secondary N) is 1. The van der Waals surface area contributed by atoms with Gasteiger partial charge in [0, 0.05) is 37.6 Å². The molecule has 6 nitrogen and oxygen atoms in total. The molecule has 1 aromatic carbocycles. The van der Waals surface area contributed by atoms with Crippen LogP contribution >= 0.6 is 0 Å². The Kier molecular flexibility index (Phi) is 4.40. The molecule has 23 heavy (non-hydrogen) atoms. The zero-order valence-electron chi connectivity index (χ0n) is 13.1. The second-order valence-corrected chi connectivity index (χ2v) is 5.56. The molecular formula is C17H19N5O. The Balaban J connectivity index is 1.77. The molecule has 0 unspecified atom stereocenters. The van der Waals surface area contributed by atoms with Crippen LogP contribution in [0.3, 0.4) is 0 Å². The molecule has 1 N–H and O–H groups in total. The molecule has 0 bridgehead atoms. The lowest BCUT2D eigenvalue weighted by atomic mass is 10.1. The summed E-state index contributed by atoms with van der Waals surface area (Å²) in [7, 11) is 0. The molecule has 3 rings (SSSR count). The molecule has 2 aromatic rings. The smallest absolute Gasteiger partial charge is 0.253 e. The molecule has 1 aliphatic heterocycles. The average molecular weight is 309 g/mol. The van der Waals surface area contributed by atoms with E-state index in [0.717, 1.165) is 18.9 Å². The van der Waals surface area contributed by atoms with Gasteiger partial charge in [0.2, 0.25) is 0 Å². The first-order valence-electron chi connectivity index (χ1n) is 7.75. The number of benzene rings is 1. The van der Waals surface area contributed by atoms with E-state index in [0.29, 0.717) is 24.2 Å². The van der Waals surface area contributed by atoms with Crippen LogP contribution in [0.1, 0.15) is 34.7 Å². The molecule has 0 spiro atoms. The maximum absolute atomic E-state index is 12.7. The first-order chi connectivity index (χ1) is 11.2. The number of rotatable bonds is 3. The number of aromatic nitrogens is 2. The SMILES string of the molecule is CCN1CCN(C(=O)c2ccc(C#N)cc2)C[C@H]1c1ncc[nH]1. The number of likely N-dealkylation sites (N-methyl/N-ethyl adjacent to an activating group) is 1. The van der Waals surface area contributed by atoms with E-state index in [2.05, 4.69) is 27.9 Å². The van der Waals surface area contributed by atoms with Crippen molar-refractivity contribution in [3.05, 3.63) is 53.6 Å². The largest absolute Gasteiger partial charge is 0.347 e. The van der Waals surface area contributed by atoms with Crippen LogP contribution in [0, 0.1) is 11.3 Å². The number of nitrogens with zero attached hydrogens (tertiary/aromatic N) is 4. The van der Waals surface area contributed by atoms with Crippen LogP contribution in [0.2, 0.25) is 0 Å². The minimum Gasteiger partial charge on any atom is -0.347 e. The lowest BCUT2D eigenvalue weighted by Crippen LogP contribution is -2.50. The van der Waals surface area contributed by atoms with Gasteiger partial charge in [-0.15, -0.1) is 0 Å². The lowest BCUT2D eigenvalue weighted by Gasteiger charge is -2.40. The maximum atomic E-state index is 12.7. The van der Waals surface area contributed by atoms with Crippen molar-refractivity contribution in [2.45, 2.75) is 13.0 Å². The zero-order valence-corrected chi connectivity index (χ0v) is 13.1. The van der Waals surface area contributed by atoms with Gasteiger partial charge in [0.1, 0.15) is 5.82 Å². The molecular weight excluding hydrogens is 290 g/mol. The number of piperazine rings is 1. The van der Waals surface area contributed by atoms with E-state index in [1.807, 2.05) is 11.1 Å². The van der Waals surface area contributed by atoms with Gasteiger partial charge in [-0.05, 0) is 30.8 Å². The zero-order chi connectivity index (χ0) is 16.2. The lowest BCUT2D eigenvalue weighted by molar-refractivity contribution is 0.0480. The highest BCUT2D eigenvalue weighted by atomic mass is 16.2. The number of H-pyrrole nitrogens is 1. The fourth-order valence-corrected chi connectivity index (χ4v) is 2.97. The predicted octanol–water partition coefficient (Wildman–Crippen LogP) is 1.80. The van der Waals surface area contributed by atoms with E-state index < -0.39 is 0 Å². The third kappa shape index (κ3) is 3.10. The van der Waals surface area contributed by atoms with Crippen LogP contribution in [0.25, 0.3) is 0 Å². The Hall–Kier alpha value is -2.65. The summed E-state index contributed by atoms with van der Waals surface area (Å²) in [5, 5.41) is 8.85. The molecule has 1 saturated heterocycles. The molecule has 1 fully saturated rings. The van der Waals surface area contributed by atoms with Crippen LogP contribution in [-0.2, 0) is 0 Å². The Labute approximate surface area is 135 Å². The van der Waals surface area contributed by atoms with E-state index in [9.17, 15) is 4.79 Å². The Morgan fingerprint density at radius 2 is 2.17 bits per heavy atom. The topological polar surface area (TPSA) is 76.0 Å². The van der Waals surface area contributed by atoms with Crippen molar-refractivity contribution >= 4 is 5.91 Å². The van der Waals surface area contributed by atoms with E-state index >= 15 is 0 Å². The monoisotopic (exact) mass is 309 g/mol. The summed E-state index contributed by atoms with van der Waals surface area (Å²) < 4.78 is 0. The van der Waals surface area contributed by atoms with Crippen LogP contribution in [0.15, 0.2) is 36.7 Å². The highest BCUT2D eigenvalue weighted by molar-refractivity contribution is 5.94. The number of amides is 1. The number of carbonyl (C=O) groups excluding carboxylic acids is 1. The second kappa shape index (κ2) is 6.63. The molecule has 118 valence electrons. The number of imidazole rings is 1. The van der Waals surface area contributed by atoms with Gasteiger partial charge < -0.3 is 9.88 Å². The Bertz CT molecular complexity index is 702. The number of hydrogen-bond acceptors (Lipinski definition) is 4. The maximum Gasteiger partial charge on any atom is 0.253 e. The van der Waals surface area contributed by atoms with Crippen molar-refractivity contribution in [3.8, 4) is 6.07 Å². The number of aromatic amines is 1. The fourth-order valence-electron chi connectivity index (χ4n) is 2.97. The molecule has 1 atom stereocenters. The van der Waals surface area contributed by atoms with Crippen molar-refractivity contribution in [2.24, 2.45) is 0 Å². The van der Waals surface area contributed by atoms with Crippen molar-refractivity contribution in [1.82, 2.24) is 19.8 Å². The van der Waals surface area contributed by atoms with Gasteiger partial charge in [-0.1, -0.05) is 6.92 Å². The van der Waals surface area contributed by atoms with Crippen LogP contribution in [0.4, 0.5) is 0 Å². The standard InChI is InChI=1S/C17H19N5O/c1-2-21-9-10-22(12-15(21)16-19-7-8-20-16)17(23)14-5-3-13(11-18)4-6-14/h3-8,15H,2,9-10,12H2,1H3,(H,19,20)/t15-/m0/s1. The van der Waals surface area contributed by atoms with Crippen LogP contribution in [-0.4, -0.2) is 51.9 Å². The van der Waals surface area contributed by atoms with E-state index in [1.54, 1.807) is 30.5 Å². The van der Waals surface area contributed by atoms with Gasteiger partial charge in [0.15, 0.2) is 0 Å². The Morgan fingerprint density at radius 3 is 2.78 bits per heavy atom. The van der Waals surface area contributed by atoms with Crippen LogP contribution < -0.4 is 0 Å². The van der Waals surface area contributed by atoms with E-state index in [-0.39, 0.29) is 11.9 Å². The summed E-state index contributed by atoms with van der Waals surface area (Å²) >= 11 is 0. The van der Waals surface area contributed by atoms with Crippen molar-refractivity contribution in [1.29, 1.82) is 5.26 Å². The first kappa shape index (κ1) is 15.3. The van der Waals surface area contributed by atoms with Crippen LogP contribution in [0.5, 0.6) is 0 Å². The van der Waals surface area contributed by atoms with Gasteiger partial charge in [0.05, 0.1) is 17.7 Å². The van der Waals surface area contributed by atoms with Crippen molar-refractivity contribution in [2.75, 3.05) is 26.2 Å². The number of carbonyl (C=O) groups is 1. The van der Waals surface area contributed by atoms with Crippen molar-refractivity contribution in [3.63, 3.8) is 0 Å². The number of nitriles is 1. The van der Waals surface area contributed by atoms with Crippen molar-refractivity contribution < 1.29 is 4.79 Å². The molecule has 6 heteroatoms. The van der Waals surface area contributed by atoms with Gasteiger partial charge in [-0.25, -0.2) is 4.98 Å². The minimum absolute atomic E-state index is 0.00167. The summed E-state index contributed by atoms with van der Waals surface area (Å²) in [6.45, 7) is 5.17. The summed E-state index contributed by atoms with van der Waals surface area (Å²) in [6.07, 6.45) is 3.55. The van der Waals surface area contributed by atoms with E-state index in [4.69, 9.17) is 5.26 Å². The number of hydrogen-bond donors (Lipinski definition) is 1. The minimum atomic E-state index is 0.00167. The summed E-state index contributed by atoms with van der Waals surface area (Å²) in [5.74, 6) is 0.894. The van der Waals surface area contributed by atoms with E-state index in [1.165, 1.54) is 0 Å². The first-order valence-corrected chi connectivity index (χ1v) is 7.75. The Morgan fingerprint density at radius 1 is 1.39 bits per heavy atom. The quantitative estimate of drug-likeness (QED) is 0.938. The summed E-state index contributed by atoms with van der Waals surface area (Å²) in [6, 6.07) is 8.95.